The van der Waals surface area contributed by atoms with Gasteiger partial charge in [0.1, 0.15) is 11.5 Å². The van der Waals surface area contributed by atoms with Crippen LogP contribution in [0.25, 0.3) is 0 Å². The van der Waals surface area contributed by atoms with Gasteiger partial charge in [-0.15, -0.1) is 0 Å². The van der Waals surface area contributed by atoms with E-state index in [2.05, 4.69) is 51.6 Å². The Kier molecular flexibility index (Phi) is 9.31. The molecule has 0 aromatic carbocycles. The fraction of sp³-hybridized carbons (Fsp3) is 0.741. The van der Waals surface area contributed by atoms with Crippen LogP contribution in [-0.2, 0) is 22.7 Å². The molecule has 4 rings (SSSR count). The van der Waals surface area contributed by atoms with E-state index in [9.17, 15) is 14.4 Å². The molecule has 0 bridgehead atoms. The van der Waals surface area contributed by atoms with Crippen LogP contribution < -0.4 is 0 Å². The molecule has 1 atom stereocenters. The van der Waals surface area contributed by atoms with Gasteiger partial charge in [0, 0.05) is 75.2 Å². The van der Waals surface area contributed by atoms with E-state index in [0.717, 1.165) is 56.5 Å². The molecule has 2 fully saturated rings. The number of hydrogen-bond acceptors (Lipinski definition) is 8. The van der Waals surface area contributed by atoms with Crippen molar-refractivity contribution in [2.24, 2.45) is 22.7 Å². The smallest absolute Gasteiger partial charge is 0.229 e. The number of rotatable bonds is 4. The lowest BCUT2D eigenvalue weighted by molar-refractivity contribution is -0.139. The predicted molar refractivity (Wildman–Crippen MR) is 146 cm³/mol. The molecule has 0 N–H and O–H groups in total. The minimum Gasteiger partial charge on any atom is -0.433 e. The van der Waals surface area contributed by atoms with Crippen LogP contribution in [0.3, 0.4) is 0 Å². The Morgan fingerprint density at radius 3 is 1.78 bits per heavy atom. The van der Waals surface area contributed by atoms with Gasteiger partial charge < -0.3 is 18.2 Å². The Bertz CT molecular complexity index is 950. The number of allylic oxidation sites excluding steroid dienone is 4. The maximum atomic E-state index is 12.8. The average molecular weight is 539 g/mol. The molecule has 1 amide bonds. The van der Waals surface area contributed by atoms with Crippen molar-refractivity contribution in [1.82, 2.24) is 9.80 Å². The standard InChI is InChI=1S/C14H23NO2S.C13H19NO3S/c1-10(2)12-11(17-18)4-5-14(13(12)16)6-8-15(3)9-7-14;1-8(2)11-9(15)6-13(7-10(11)17-18)4-5-14(3)12(13)16/h10,18H,4-9H2,1-3H3;8,18H,4-7H2,1-3H3. The van der Waals surface area contributed by atoms with Crippen molar-refractivity contribution in [2.45, 2.75) is 72.6 Å². The highest BCUT2D eigenvalue weighted by Gasteiger charge is 2.51. The number of hydrogen-bond donors (Lipinski definition) is 2. The summed E-state index contributed by atoms with van der Waals surface area (Å²) >= 11 is 7.76. The van der Waals surface area contributed by atoms with Crippen molar-refractivity contribution in [3.05, 3.63) is 22.7 Å². The number of nitrogens with zero attached hydrogens (tertiary/aromatic N) is 2. The molecule has 4 aliphatic rings. The van der Waals surface area contributed by atoms with Crippen LogP contribution >= 0.6 is 25.8 Å². The molecule has 0 radical (unpaired) electrons. The van der Waals surface area contributed by atoms with Gasteiger partial charge in [-0.2, -0.15) is 0 Å². The van der Waals surface area contributed by atoms with Crippen LogP contribution in [0.1, 0.15) is 72.6 Å². The molecule has 0 aromatic rings. The van der Waals surface area contributed by atoms with E-state index in [0.29, 0.717) is 36.5 Å². The van der Waals surface area contributed by atoms with Gasteiger partial charge in [0.15, 0.2) is 11.6 Å². The van der Waals surface area contributed by atoms with Crippen LogP contribution in [0.4, 0.5) is 0 Å². The summed E-state index contributed by atoms with van der Waals surface area (Å²) in [5.74, 6) is 2.10. The Labute approximate surface area is 227 Å². The molecule has 2 aliphatic heterocycles. The molecule has 2 spiro atoms. The maximum Gasteiger partial charge on any atom is 0.229 e. The van der Waals surface area contributed by atoms with E-state index in [1.807, 2.05) is 13.8 Å². The first-order valence-corrected chi connectivity index (χ1v) is 13.8. The fourth-order valence-electron chi connectivity index (χ4n) is 6.29. The lowest BCUT2D eigenvalue weighted by Gasteiger charge is -2.43. The molecule has 1 unspecified atom stereocenters. The molecule has 2 aliphatic carbocycles. The van der Waals surface area contributed by atoms with Gasteiger partial charge in [0.05, 0.1) is 5.41 Å². The van der Waals surface area contributed by atoms with Crippen molar-refractivity contribution < 1.29 is 22.7 Å². The lowest BCUT2D eigenvalue weighted by atomic mass is 9.65. The third-order valence-electron chi connectivity index (χ3n) is 8.50. The van der Waals surface area contributed by atoms with E-state index in [1.165, 1.54) is 0 Å². The molecule has 9 heteroatoms. The topological polar surface area (TPSA) is 76.2 Å². The van der Waals surface area contributed by atoms with Gasteiger partial charge in [0.2, 0.25) is 5.91 Å². The van der Waals surface area contributed by atoms with Crippen LogP contribution in [-0.4, -0.2) is 61.0 Å². The van der Waals surface area contributed by atoms with Gasteiger partial charge in [0.25, 0.3) is 0 Å². The van der Waals surface area contributed by atoms with Gasteiger partial charge in [-0.1, -0.05) is 27.7 Å². The first kappa shape index (κ1) is 29.1. The van der Waals surface area contributed by atoms with Crippen molar-refractivity contribution in [3.8, 4) is 0 Å². The van der Waals surface area contributed by atoms with Crippen LogP contribution in [0.15, 0.2) is 22.7 Å². The third kappa shape index (κ3) is 5.53. The van der Waals surface area contributed by atoms with Gasteiger partial charge >= 0.3 is 0 Å². The molecule has 202 valence electrons. The van der Waals surface area contributed by atoms with Crippen LogP contribution in [0.2, 0.25) is 0 Å². The number of likely N-dealkylation sites (tertiary alicyclic amines) is 2. The number of piperidine rings is 1. The summed E-state index contributed by atoms with van der Waals surface area (Å²) in [4.78, 5) is 41.3. The van der Waals surface area contributed by atoms with Crippen molar-refractivity contribution in [3.63, 3.8) is 0 Å². The average Bonchev–Trinajstić information content (AvgIpc) is 3.09. The Morgan fingerprint density at radius 2 is 1.31 bits per heavy atom. The number of carbonyl (C=O) groups excluding carboxylic acids is 3. The number of ketones is 2. The van der Waals surface area contributed by atoms with E-state index < -0.39 is 5.41 Å². The van der Waals surface area contributed by atoms with Crippen LogP contribution in [0, 0.1) is 22.7 Å². The molecule has 0 saturated carbocycles. The largest absolute Gasteiger partial charge is 0.433 e. The predicted octanol–water partition coefficient (Wildman–Crippen LogP) is 4.80. The zero-order valence-corrected chi connectivity index (χ0v) is 24.3. The molecule has 0 aromatic heterocycles. The highest BCUT2D eigenvalue weighted by molar-refractivity contribution is 7.75. The van der Waals surface area contributed by atoms with Gasteiger partial charge in [-0.25, -0.2) is 0 Å². The van der Waals surface area contributed by atoms with Crippen molar-refractivity contribution in [2.75, 3.05) is 33.7 Å². The number of Topliss-reactive ketones (excluding diaryl/α,β-unsaturated/α-hetero) is 2. The highest BCUT2D eigenvalue weighted by atomic mass is 32.1. The number of amides is 1. The quantitative estimate of drug-likeness (QED) is 0.396. The summed E-state index contributed by atoms with van der Waals surface area (Å²) in [6.45, 7) is 10.8. The Morgan fingerprint density at radius 1 is 0.750 bits per heavy atom. The summed E-state index contributed by atoms with van der Waals surface area (Å²) in [5.41, 5.74) is 0.864. The second-order valence-electron chi connectivity index (χ2n) is 11.6. The third-order valence-corrected chi connectivity index (χ3v) is 8.94. The first-order chi connectivity index (χ1) is 16.9. The van der Waals surface area contributed by atoms with E-state index in [4.69, 9.17) is 8.37 Å². The summed E-state index contributed by atoms with van der Waals surface area (Å²) in [6.07, 6.45) is 5.28. The second-order valence-corrected chi connectivity index (χ2v) is 12.0. The summed E-state index contributed by atoms with van der Waals surface area (Å²) in [7, 11) is 3.91. The van der Waals surface area contributed by atoms with Gasteiger partial charge in [-0.05, 0) is 57.7 Å². The van der Waals surface area contributed by atoms with Crippen molar-refractivity contribution in [1.29, 1.82) is 0 Å². The number of carbonyl (C=O) groups is 3. The molecule has 36 heavy (non-hydrogen) atoms. The summed E-state index contributed by atoms with van der Waals surface area (Å²) in [6, 6.07) is 0. The second kappa shape index (κ2) is 11.5. The monoisotopic (exact) mass is 538 g/mol. The Balaban J connectivity index is 0.000000201. The summed E-state index contributed by atoms with van der Waals surface area (Å²) < 4.78 is 10.2. The van der Waals surface area contributed by atoms with Gasteiger partial charge in [-0.3, -0.25) is 14.4 Å². The zero-order chi connectivity index (χ0) is 26.8. The minimum absolute atomic E-state index is 0.0314. The fourth-order valence-corrected chi connectivity index (χ4v) is 6.64. The van der Waals surface area contributed by atoms with Crippen molar-refractivity contribution >= 4 is 43.3 Å². The summed E-state index contributed by atoms with van der Waals surface area (Å²) in [5, 5.41) is 0. The molecular weight excluding hydrogens is 496 g/mol. The highest BCUT2D eigenvalue weighted by Crippen LogP contribution is 2.47. The van der Waals surface area contributed by atoms with Crippen LogP contribution in [0.5, 0.6) is 0 Å². The van der Waals surface area contributed by atoms with E-state index >= 15 is 0 Å². The molecule has 2 saturated heterocycles. The zero-order valence-electron chi connectivity index (χ0n) is 22.6. The first-order valence-electron chi connectivity index (χ1n) is 13.0. The molecule has 2 heterocycles. The van der Waals surface area contributed by atoms with E-state index in [-0.39, 0.29) is 28.9 Å². The lowest BCUT2D eigenvalue weighted by Crippen LogP contribution is -2.46. The minimum atomic E-state index is -0.581. The molecule has 7 nitrogen and oxygen atoms in total. The Hall–Kier alpha value is -1.45. The normalized spacial score (nSPS) is 26.9. The number of thiol groups is 2. The molecular formula is C27H42N2O5S2. The van der Waals surface area contributed by atoms with E-state index in [1.54, 1.807) is 11.9 Å². The maximum absolute atomic E-state index is 12.8. The SMILES string of the molecule is CC(C)C1=C(OS)CC2(CCN(C)C2=O)CC1=O.CC(C)C1=C(OS)CCC2(CCN(C)CC2)C1=O.